The van der Waals surface area contributed by atoms with Crippen molar-refractivity contribution in [1.82, 2.24) is 9.78 Å². The van der Waals surface area contributed by atoms with Gasteiger partial charge >= 0.3 is 0 Å². The average Bonchev–Trinajstić information content (AvgIpc) is 3.23. The third kappa shape index (κ3) is 3.60. The minimum atomic E-state index is -0.130. The summed E-state index contributed by atoms with van der Waals surface area (Å²) in [5, 5.41) is 13.2. The predicted octanol–water partition coefficient (Wildman–Crippen LogP) is 6.52. The maximum atomic E-state index is 13.3. The molecule has 0 aliphatic carbocycles. The van der Waals surface area contributed by atoms with Crippen molar-refractivity contribution in [2.75, 3.05) is 5.01 Å². The predicted molar refractivity (Wildman–Crippen MR) is 138 cm³/mol. The molecule has 0 unspecified atom stereocenters. The van der Waals surface area contributed by atoms with Crippen LogP contribution < -0.4 is 5.01 Å². The highest BCUT2D eigenvalue weighted by Gasteiger charge is 2.30. The topological polar surface area (TPSA) is 50.5 Å². The molecule has 6 heteroatoms. The molecule has 164 valence electrons. The van der Waals surface area contributed by atoms with Crippen molar-refractivity contribution >= 4 is 50.1 Å². The van der Waals surface area contributed by atoms with Crippen LogP contribution in [0.4, 0.5) is 5.69 Å². The number of aryl methyl sites for hydroxylation is 2. The van der Waals surface area contributed by atoms with Gasteiger partial charge in [-0.25, -0.2) is 4.68 Å². The van der Waals surface area contributed by atoms with Crippen molar-refractivity contribution in [2.45, 2.75) is 27.7 Å². The zero-order chi connectivity index (χ0) is 23.3. The van der Waals surface area contributed by atoms with E-state index in [4.69, 9.17) is 5.10 Å². The fraction of sp³-hybridized carbons (Fsp3) is 0.148. The summed E-state index contributed by atoms with van der Waals surface area (Å²) in [5.41, 5.74) is 6.85. The number of benzene rings is 3. The van der Waals surface area contributed by atoms with Gasteiger partial charge in [0.15, 0.2) is 0 Å². The van der Waals surface area contributed by atoms with Crippen LogP contribution in [0.5, 0.6) is 0 Å². The fourth-order valence-corrected chi connectivity index (χ4v) is 4.82. The molecule has 0 bridgehead atoms. The summed E-state index contributed by atoms with van der Waals surface area (Å²) in [6, 6.07) is 20.3. The van der Waals surface area contributed by atoms with Crippen molar-refractivity contribution in [3.05, 3.63) is 93.2 Å². The summed E-state index contributed by atoms with van der Waals surface area (Å²) in [7, 11) is 0. The third-order valence-corrected chi connectivity index (χ3v) is 6.57. The molecular formula is C27H23BrN4O. The molecule has 5 rings (SSSR count). The van der Waals surface area contributed by atoms with Crippen LogP contribution in [0.3, 0.4) is 0 Å². The molecule has 0 spiro atoms. The van der Waals surface area contributed by atoms with Gasteiger partial charge in [0.25, 0.3) is 5.91 Å². The number of rotatable bonds is 3. The summed E-state index contributed by atoms with van der Waals surface area (Å²) in [6.45, 7) is 7.86. The summed E-state index contributed by atoms with van der Waals surface area (Å²) >= 11 is 3.48. The summed E-state index contributed by atoms with van der Waals surface area (Å²) in [6.07, 6.45) is 1.93. The maximum Gasteiger partial charge on any atom is 0.280 e. The molecule has 3 aromatic carbocycles. The van der Waals surface area contributed by atoms with E-state index in [0.717, 1.165) is 49.1 Å². The van der Waals surface area contributed by atoms with E-state index >= 15 is 0 Å². The average molecular weight is 499 g/mol. The van der Waals surface area contributed by atoms with E-state index in [9.17, 15) is 4.79 Å². The number of hydrazone groups is 1. The van der Waals surface area contributed by atoms with Crippen molar-refractivity contribution in [2.24, 2.45) is 5.10 Å². The molecule has 1 amide bonds. The molecule has 0 saturated carbocycles. The molecule has 0 radical (unpaired) electrons. The Morgan fingerprint density at radius 2 is 1.67 bits per heavy atom. The minimum Gasteiger partial charge on any atom is -0.267 e. The van der Waals surface area contributed by atoms with Crippen LogP contribution in [0.15, 0.2) is 75.8 Å². The molecule has 33 heavy (non-hydrogen) atoms. The van der Waals surface area contributed by atoms with Crippen LogP contribution in [-0.2, 0) is 4.79 Å². The Hall–Kier alpha value is -3.51. The van der Waals surface area contributed by atoms with E-state index in [1.54, 1.807) is 0 Å². The molecular weight excluding hydrogens is 476 g/mol. The minimum absolute atomic E-state index is 0.130. The zero-order valence-electron chi connectivity index (χ0n) is 18.9. The molecule has 0 fully saturated rings. The van der Waals surface area contributed by atoms with Crippen LogP contribution in [0.1, 0.15) is 29.4 Å². The Morgan fingerprint density at radius 3 is 2.45 bits per heavy atom. The number of halogens is 1. The first-order valence-electron chi connectivity index (χ1n) is 10.8. The molecule has 0 N–H and O–H groups in total. The highest BCUT2D eigenvalue weighted by atomic mass is 79.9. The normalized spacial score (nSPS) is 15.1. The SMILES string of the molecule is CC1=NN(c2ccc(Br)cc2C)C(=O)/C1=C/c1c(C)nn(-c2cccc3ccccc23)c1C. The first kappa shape index (κ1) is 21.3. The lowest BCUT2D eigenvalue weighted by molar-refractivity contribution is -0.114. The first-order valence-corrected chi connectivity index (χ1v) is 11.6. The van der Waals surface area contributed by atoms with Gasteiger partial charge in [0.1, 0.15) is 0 Å². The Kier molecular flexibility index (Phi) is 5.25. The Morgan fingerprint density at radius 1 is 0.909 bits per heavy atom. The van der Waals surface area contributed by atoms with Crippen LogP contribution >= 0.6 is 15.9 Å². The van der Waals surface area contributed by atoms with Crippen molar-refractivity contribution in [3.8, 4) is 5.69 Å². The lowest BCUT2D eigenvalue weighted by Gasteiger charge is -2.14. The Balaban J connectivity index is 1.57. The van der Waals surface area contributed by atoms with Crippen molar-refractivity contribution in [3.63, 3.8) is 0 Å². The Labute approximate surface area is 201 Å². The molecule has 2 heterocycles. The molecule has 5 nitrogen and oxygen atoms in total. The number of anilines is 1. The number of hydrogen-bond acceptors (Lipinski definition) is 3. The summed E-state index contributed by atoms with van der Waals surface area (Å²) < 4.78 is 2.94. The number of hydrogen-bond donors (Lipinski definition) is 0. The number of aromatic nitrogens is 2. The number of amides is 1. The second-order valence-electron chi connectivity index (χ2n) is 8.29. The standard InChI is InChI=1S/C27H23BrN4O/c1-16-14-21(28)12-13-25(16)32-27(33)24(18(3)30-32)15-23-17(2)29-31(19(23)4)26-11-7-9-20-8-5-6-10-22(20)26/h5-15H,1-4H3/b24-15+. The first-order chi connectivity index (χ1) is 15.8. The second kappa shape index (κ2) is 8.12. The molecule has 1 aliphatic heterocycles. The summed E-state index contributed by atoms with van der Waals surface area (Å²) in [4.78, 5) is 13.3. The molecule has 4 aromatic rings. The van der Waals surface area contributed by atoms with Crippen molar-refractivity contribution in [1.29, 1.82) is 0 Å². The van der Waals surface area contributed by atoms with Gasteiger partial charge in [-0.05, 0) is 69.0 Å². The zero-order valence-corrected chi connectivity index (χ0v) is 20.5. The second-order valence-corrected chi connectivity index (χ2v) is 9.20. The van der Waals surface area contributed by atoms with Gasteiger partial charge in [-0.15, -0.1) is 0 Å². The lowest BCUT2D eigenvalue weighted by Crippen LogP contribution is -2.22. The van der Waals surface area contributed by atoms with Gasteiger partial charge in [0.05, 0.1) is 28.4 Å². The largest absolute Gasteiger partial charge is 0.280 e. The molecule has 0 atom stereocenters. The molecule has 0 saturated heterocycles. The fourth-order valence-electron chi connectivity index (χ4n) is 4.34. The Bertz CT molecular complexity index is 1490. The van der Waals surface area contributed by atoms with E-state index in [2.05, 4.69) is 45.3 Å². The van der Waals surface area contributed by atoms with Gasteiger partial charge in [-0.1, -0.05) is 52.3 Å². The van der Waals surface area contributed by atoms with E-state index in [1.165, 1.54) is 5.01 Å². The number of carbonyl (C=O) groups excluding carboxylic acids is 1. The van der Waals surface area contributed by atoms with Gasteiger partial charge in [-0.2, -0.15) is 15.2 Å². The lowest BCUT2D eigenvalue weighted by atomic mass is 10.1. The summed E-state index contributed by atoms with van der Waals surface area (Å²) in [5.74, 6) is -0.130. The van der Waals surface area contributed by atoms with E-state index in [1.807, 2.05) is 74.9 Å². The van der Waals surface area contributed by atoms with Gasteiger partial charge in [-0.3, -0.25) is 4.79 Å². The highest BCUT2D eigenvalue weighted by molar-refractivity contribution is 9.10. The maximum absolute atomic E-state index is 13.3. The smallest absolute Gasteiger partial charge is 0.267 e. The van der Waals surface area contributed by atoms with Crippen LogP contribution in [0, 0.1) is 20.8 Å². The van der Waals surface area contributed by atoms with Gasteiger partial charge in [0, 0.05) is 21.1 Å². The molecule has 1 aromatic heterocycles. The van der Waals surface area contributed by atoms with E-state index in [-0.39, 0.29) is 5.91 Å². The quantitative estimate of drug-likeness (QED) is 0.302. The van der Waals surface area contributed by atoms with Crippen LogP contribution in [0.2, 0.25) is 0 Å². The molecule has 1 aliphatic rings. The van der Waals surface area contributed by atoms with Gasteiger partial charge in [0.2, 0.25) is 0 Å². The van der Waals surface area contributed by atoms with E-state index in [0.29, 0.717) is 11.3 Å². The number of fused-ring (bicyclic) bond motifs is 1. The monoisotopic (exact) mass is 498 g/mol. The van der Waals surface area contributed by atoms with E-state index < -0.39 is 0 Å². The van der Waals surface area contributed by atoms with Gasteiger partial charge < -0.3 is 0 Å². The third-order valence-electron chi connectivity index (χ3n) is 6.08. The number of nitrogens with zero attached hydrogens (tertiary/aromatic N) is 4. The van der Waals surface area contributed by atoms with Crippen LogP contribution in [0.25, 0.3) is 22.5 Å². The van der Waals surface area contributed by atoms with Crippen molar-refractivity contribution < 1.29 is 4.79 Å². The van der Waals surface area contributed by atoms with Crippen LogP contribution in [-0.4, -0.2) is 21.4 Å². The number of carbonyl (C=O) groups is 1. The highest BCUT2D eigenvalue weighted by Crippen LogP contribution is 2.31.